The first-order chi connectivity index (χ1) is 9.90. The molecule has 0 aliphatic carbocycles. The summed E-state index contributed by atoms with van der Waals surface area (Å²) >= 11 is 3.98. The first-order valence-electron chi connectivity index (χ1n) is 7.12. The van der Waals surface area contributed by atoms with Crippen molar-refractivity contribution >= 4 is 24.6 Å². The van der Waals surface area contributed by atoms with Gasteiger partial charge in [-0.05, 0) is 17.9 Å². The number of carbonyl (C=O) groups excluding carboxylic acids is 1. The Bertz CT molecular complexity index is 490. The van der Waals surface area contributed by atoms with E-state index < -0.39 is 11.5 Å². The highest BCUT2D eigenvalue weighted by atomic mass is 32.1. The van der Waals surface area contributed by atoms with Crippen molar-refractivity contribution < 1.29 is 14.7 Å². The second kappa shape index (κ2) is 7.61. The maximum Gasteiger partial charge on any atom is 0.332 e. The molecule has 5 heteroatoms. The standard InChI is InChI=1S/C16H23NO3S/c1-4-14(18)16(17-21,15(19)20)13(11(2)3)10-12-8-6-5-7-9-12/h5-9,11,13,17,21H,4,10H2,1-3H3,(H,19,20)/t13-,16-/m1/s1. The summed E-state index contributed by atoms with van der Waals surface area (Å²) in [6, 6.07) is 9.61. The summed E-state index contributed by atoms with van der Waals surface area (Å²) in [7, 11) is 0. The summed E-state index contributed by atoms with van der Waals surface area (Å²) in [5, 5.41) is 9.69. The van der Waals surface area contributed by atoms with Crippen molar-refractivity contribution in [2.45, 2.75) is 39.2 Å². The molecule has 116 valence electrons. The lowest BCUT2D eigenvalue weighted by atomic mass is 9.71. The highest BCUT2D eigenvalue weighted by Crippen LogP contribution is 2.31. The molecule has 4 nitrogen and oxygen atoms in total. The van der Waals surface area contributed by atoms with Crippen LogP contribution in [0.15, 0.2) is 30.3 Å². The zero-order valence-electron chi connectivity index (χ0n) is 12.7. The van der Waals surface area contributed by atoms with E-state index in [1.807, 2.05) is 44.2 Å². The van der Waals surface area contributed by atoms with Crippen LogP contribution in [-0.2, 0) is 16.0 Å². The van der Waals surface area contributed by atoms with Gasteiger partial charge in [0, 0.05) is 12.3 Å². The third-order valence-corrected chi connectivity index (χ3v) is 4.29. The number of aliphatic carboxylic acids is 1. The average molecular weight is 309 g/mol. The van der Waals surface area contributed by atoms with Gasteiger partial charge in [-0.3, -0.25) is 4.79 Å². The third-order valence-electron chi connectivity index (χ3n) is 3.93. The van der Waals surface area contributed by atoms with Gasteiger partial charge in [-0.1, -0.05) is 63.9 Å². The smallest absolute Gasteiger partial charge is 0.332 e. The summed E-state index contributed by atoms with van der Waals surface area (Å²) in [4.78, 5) is 24.2. The van der Waals surface area contributed by atoms with E-state index in [9.17, 15) is 14.7 Å². The van der Waals surface area contributed by atoms with E-state index >= 15 is 0 Å². The molecule has 1 rings (SSSR count). The highest BCUT2D eigenvalue weighted by Gasteiger charge is 2.51. The lowest BCUT2D eigenvalue weighted by molar-refractivity contribution is -0.153. The summed E-state index contributed by atoms with van der Waals surface area (Å²) in [5.74, 6) is -1.89. The molecule has 0 amide bonds. The van der Waals surface area contributed by atoms with E-state index in [-0.39, 0.29) is 24.0 Å². The molecule has 1 aromatic carbocycles. The fraction of sp³-hybridized carbons (Fsp3) is 0.500. The van der Waals surface area contributed by atoms with Gasteiger partial charge in [0.15, 0.2) is 11.3 Å². The van der Waals surface area contributed by atoms with Crippen LogP contribution in [-0.4, -0.2) is 22.4 Å². The molecule has 0 bridgehead atoms. The second-order valence-corrected chi connectivity index (χ2v) is 5.77. The molecule has 0 heterocycles. The van der Waals surface area contributed by atoms with E-state index in [1.165, 1.54) is 0 Å². The zero-order chi connectivity index (χ0) is 16.0. The molecular formula is C16H23NO3S. The van der Waals surface area contributed by atoms with Crippen LogP contribution < -0.4 is 4.72 Å². The lowest BCUT2D eigenvalue weighted by Crippen LogP contribution is -2.62. The van der Waals surface area contributed by atoms with Crippen molar-refractivity contribution in [3.05, 3.63) is 35.9 Å². The number of rotatable bonds is 8. The number of carbonyl (C=O) groups is 2. The number of Topliss-reactive ketones (excluding diaryl/α,β-unsaturated/α-hetero) is 1. The molecule has 0 radical (unpaired) electrons. The van der Waals surface area contributed by atoms with Crippen molar-refractivity contribution in [1.29, 1.82) is 0 Å². The number of ketones is 1. The van der Waals surface area contributed by atoms with E-state index in [0.717, 1.165) is 5.56 Å². The van der Waals surface area contributed by atoms with E-state index in [2.05, 4.69) is 17.5 Å². The SMILES string of the molecule is CCC(=O)[C@@](NS)(C(=O)O)[C@H](Cc1ccccc1)C(C)C. The molecule has 0 saturated heterocycles. The molecule has 1 aromatic rings. The van der Waals surface area contributed by atoms with Crippen LogP contribution in [0.1, 0.15) is 32.8 Å². The number of hydrogen-bond acceptors (Lipinski definition) is 4. The number of benzene rings is 1. The Morgan fingerprint density at radius 3 is 2.24 bits per heavy atom. The van der Waals surface area contributed by atoms with Gasteiger partial charge in [-0.15, -0.1) is 0 Å². The second-order valence-electron chi connectivity index (χ2n) is 5.54. The van der Waals surface area contributed by atoms with Crippen LogP contribution in [0.25, 0.3) is 0 Å². The predicted molar refractivity (Wildman–Crippen MR) is 86.3 cm³/mol. The minimum atomic E-state index is -1.66. The lowest BCUT2D eigenvalue weighted by Gasteiger charge is -2.37. The van der Waals surface area contributed by atoms with E-state index in [1.54, 1.807) is 6.92 Å². The molecule has 2 N–H and O–H groups in total. The van der Waals surface area contributed by atoms with Gasteiger partial charge in [0.2, 0.25) is 0 Å². The van der Waals surface area contributed by atoms with Crippen LogP contribution in [0.4, 0.5) is 0 Å². The Hall–Kier alpha value is -1.33. The van der Waals surface area contributed by atoms with Crippen LogP contribution in [0.5, 0.6) is 0 Å². The van der Waals surface area contributed by atoms with Crippen LogP contribution in [0.2, 0.25) is 0 Å². The number of carboxylic acids is 1. The van der Waals surface area contributed by atoms with Crippen molar-refractivity contribution in [1.82, 2.24) is 4.72 Å². The van der Waals surface area contributed by atoms with Crippen molar-refractivity contribution in [3.63, 3.8) is 0 Å². The number of thiol groups is 1. The first-order valence-corrected chi connectivity index (χ1v) is 7.56. The zero-order valence-corrected chi connectivity index (χ0v) is 13.6. The Morgan fingerprint density at radius 1 is 1.29 bits per heavy atom. The molecule has 0 saturated carbocycles. The molecule has 0 aliphatic rings. The number of nitrogens with one attached hydrogen (secondary N) is 1. The van der Waals surface area contributed by atoms with E-state index in [0.29, 0.717) is 6.42 Å². The van der Waals surface area contributed by atoms with Gasteiger partial charge in [0.05, 0.1) is 0 Å². The van der Waals surface area contributed by atoms with Gasteiger partial charge >= 0.3 is 5.97 Å². The highest BCUT2D eigenvalue weighted by molar-refractivity contribution is 7.78. The van der Waals surface area contributed by atoms with Crippen LogP contribution >= 0.6 is 12.8 Å². The molecular weight excluding hydrogens is 286 g/mol. The molecule has 0 fully saturated rings. The monoisotopic (exact) mass is 309 g/mol. The maximum absolute atomic E-state index is 12.4. The maximum atomic E-state index is 12.4. The van der Waals surface area contributed by atoms with Gasteiger partial charge in [0.25, 0.3) is 0 Å². The van der Waals surface area contributed by atoms with Crippen molar-refractivity contribution in [2.75, 3.05) is 0 Å². The molecule has 0 aliphatic heterocycles. The normalized spacial score (nSPS) is 15.5. The first kappa shape index (κ1) is 17.7. The fourth-order valence-electron chi connectivity index (χ4n) is 2.71. The summed E-state index contributed by atoms with van der Waals surface area (Å²) in [6.45, 7) is 5.53. The summed E-state index contributed by atoms with van der Waals surface area (Å²) < 4.78 is 2.51. The quantitative estimate of drug-likeness (QED) is 0.510. The van der Waals surface area contributed by atoms with Gasteiger partial charge in [0.1, 0.15) is 0 Å². The van der Waals surface area contributed by atoms with Gasteiger partial charge < -0.3 is 5.11 Å². The fourth-order valence-corrected chi connectivity index (χ4v) is 3.10. The van der Waals surface area contributed by atoms with Crippen molar-refractivity contribution in [3.8, 4) is 0 Å². The molecule has 2 atom stereocenters. The summed E-state index contributed by atoms with van der Waals surface area (Å²) in [6.07, 6.45) is 0.655. The number of hydrogen-bond donors (Lipinski definition) is 3. The summed E-state index contributed by atoms with van der Waals surface area (Å²) in [5.41, 5.74) is -0.656. The Labute approximate surface area is 131 Å². The average Bonchev–Trinajstić information content (AvgIpc) is 2.47. The Morgan fingerprint density at radius 2 is 1.86 bits per heavy atom. The minimum Gasteiger partial charge on any atom is -0.480 e. The van der Waals surface area contributed by atoms with Crippen molar-refractivity contribution in [2.24, 2.45) is 11.8 Å². The topological polar surface area (TPSA) is 66.4 Å². The molecule has 0 unspecified atom stereocenters. The van der Waals surface area contributed by atoms with Gasteiger partial charge in [-0.25, -0.2) is 9.52 Å². The number of carboxylic acid groups (broad SMARTS) is 1. The largest absolute Gasteiger partial charge is 0.480 e. The predicted octanol–water partition coefficient (Wildman–Crippen LogP) is 2.74. The minimum absolute atomic E-state index is 0.0106. The van der Waals surface area contributed by atoms with Crippen LogP contribution in [0, 0.1) is 11.8 Å². The van der Waals surface area contributed by atoms with Gasteiger partial charge in [-0.2, -0.15) is 0 Å². The molecule has 21 heavy (non-hydrogen) atoms. The Balaban J connectivity index is 3.26. The molecule has 0 spiro atoms. The molecule has 0 aromatic heterocycles. The Kier molecular flexibility index (Phi) is 6.42. The van der Waals surface area contributed by atoms with E-state index in [4.69, 9.17) is 0 Å². The van der Waals surface area contributed by atoms with Crippen LogP contribution in [0.3, 0.4) is 0 Å². The third kappa shape index (κ3) is 3.66.